The Morgan fingerprint density at radius 3 is 2.53 bits per heavy atom. The topological polar surface area (TPSA) is 58.4 Å². The van der Waals surface area contributed by atoms with Crippen molar-refractivity contribution < 1.29 is 4.79 Å². The lowest BCUT2D eigenvalue weighted by atomic mass is 10.1. The molecule has 0 fully saturated rings. The number of hydrogen-bond acceptors (Lipinski definition) is 3. The normalized spacial score (nSPS) is 14.2. The number of nitrogens with one attached hydrogen (secondary N) is 1. The first-order valence-corrected chi connectivity index (χ1v) is 6.73. The van der Waals surface area contributed by atoms with Crippen LogP contribution >= 0.6 is 0 Å². The van der Waals surface area contributed by atoms with E-state index in [1.807, 2.05) is 51.4 Å². The lowest BCUT2D eigenvalue weighted by Crippen LogP contribution is -2.46. The second-order valence-electron chi connectivity index (χ2n) is 5.30. The van der Waals surface area contributed by atoms with Gasteiger partial charge in [0.15, 0.2) is 0 Å². The molecule has 0 spiro atoms. The van der Waals surface area contributed by atoms with Crippen molar-refractivity contribution in [3.8, 4) is 0 Å². The highest BCUT2D eigenvalue weighted by molar-refractivity contribution is 5.82. The first-order chi connectivity index (χ1) is 8.99. The van der Waals surface area contributed by atoms with Crippen molar-refractivity contribution in [1.29, 1.82) is 0 Å². The Hall–Kier alpha value is -1.39. The number of nitrogens with zero attached hydrogens (tertiary/aromatic N) is 1. The van der Waals surface area contributed by atoms with E-state index in [4.69, 9.17) is 5.73 Å². The van der Waals surface area contributed by atoms with Gasteiger partial charge in [0.05, 0.1) is 6.04 Å². The fraction of sp³-hybridized carbons (Fsp3) is 0.533. The van der Waals surface area contributed by atoms with Crippen LogP contribution in [0.5, 0.6) is 0 Å². The van der Waals surface area contributed by atoms with Crippen LogP contribution < -0.4 is 11.1 Å². The van der Waals surface area contributed by atoms with Gasteiger partial charge in [-0.15, -0.1) is 0 Å². The van der Waals surface area contributed by atoms with E-state index < -0.39 is 6.04 Å². The molecule has 1 aromatic rings. The lowest BCUT2D eigenvalue weighted by Gasteiger charge is -2.19. The molecule has 3 N–H and O–H groups in total. The van der Waals surface area contributed by atoms with E-state index in [-0.39, 0.29) is 11.9 Å². The van der Waals surface area contributed by atoms with Crippen LogP contribution in [0.4, 0.5) is 0 Å². The van der Waals surface area contributed by atoms with E-state index in [1.165, 1.54) is 0 Å². The standard InChI is InChI=1S/C15H25N3O/c1-12(9-10-18(2)3)17-15(19)14(16)11-13-7-5-4-6-8-13/h4-8,12,14H,9-11,16H2,1-3H3,(H,17,19)/t12?,14-/m0/s1. The van der Waals surface area contributed by atoms with Crippen LogP contribution in [0.2, 0.25) is 0 Å². The van der Waals surface area contributed by atoms with Crippen LogP contribution in [0.25, 0.3) is 0 Å². The SMILES string of the molecule is CC(CCN(C)C)NC(=O)[C@@H](N)Cc1ccccc1. The van der Waals surface area contributed by atoms with Gasteiger partial charge >= 0.3 is 0 Å². The lowest BCUT2D eigenvalue weighted by molar-refractivity contribution is -0.123. The van der Waals surface area contributed by atoms with E-state index in [0.29, 0.717) is 6.42 Å². The van der Waals surface area contributed by atoms with E-state index in [9.17, 15) is 4.79 Å². The molecule has 0 aliphatic carbocycles. The van der Waals surface area contributed by atoms with Crippen LogP contribution in [0.3, 0.4) is 0 Å². The summed E-state index contributed by atoms with van der Waals surface area (Å²) in [6, 6.07) is 9.52. The summed E-state index contributed by atoms with van der Waals surface area (Å²) in [5.74, 6) is -0.0740. The molecule has 0 heterocycles. The Balaban J connectivity index is 2.36. The van der Waals surface area contributed by atoms with Crippen LogP contribution in [-0.4, -0.2) is 43.5 Å². The Bertz CT molecular complexity index is 378. The number of hydrogen-bond donors (Lipinski definition) is 2. The van der Waals surface area contributed by atoms with Crippen molar-refractivity contribution in [1.82, 2.24) is 10.2 Å². The molecule has 1 unspecified atom stereocenters. The van der Waals surface area contributed by atoms with Crippen LogP contribution in [0.1, 0.15) is 18.9 Å². The summed E-state index contributed by atoms with van der Waals surface area (Å²) in [5.41, 5.74) is 7.02. The molecule has 4 heteroatoms. The zero-order valence-corrected chi connectivity index (χ0v) is 12.1. The first kappa shape index (κ1) is 15.7. The summed E-state index contributed by atoms with van der Waals surface area (Å²) in [5, 5.41) is 2.96. The molecule has 0 aliphatic rings. The Morgan fingerprint density at radius 2 is 1.95 bits per heavy atom. The molecule has 1 rings (SSSR count). The zero-order chi connectivity index (χ0) is 14.3. The van der Waals surface area contributed by atoms with Gasteiger partial charge in [0.1, 0.15) is 0 Å². The molecule has 4 nitrogen and oxygen atoms in total. The third-order valence-electron chi connectivity index (χ3n) is 3.03. The van der Waals surface area contributed by atoms with E-state index in [1.54, 1.807) is 0 Å². The van der Waals surface area contributed by atoms with Gasteiger partial charge in [-0.1, -0.05) is 30.3 Å². The molecule has 106 valence electrons. The van der Waals surface area contributed by atoms with Gasteiger partial charge in [-0.3, -0.25) is 4.79 Å². The zero-order valence-electron chi connectivity index (χ0n) is 12.1. The summed E-state index contributed by atoms with van der Waals surface area (Å²) < 4.78 is 0. The largest absolute Gasteiger partial charge is 0.352 e. The first-order valence-electron chi connectivity index (χ1n) is 6.73. The van der Waals surface area contributed by atoms with E-state index in [0.717, 1.165) is 18.5 Å². The fourth-order valence-electron chi connectivity index (χ4n) is 1.83. The van der Waals surface area contributed by atoms with Crippen molar-refractivity contribution in [2.75, 3.05) is 20.6 Å². The van der Waals surface area contributed by atoms with E-state index in [2.05, 4.69) is 10.2 Å². The van der Waals surface area contributed by atoms with Gasteiger partial charge in [0.25, 0.3) is 0 Å². The maximum Gasteiger partial charge on any atom is 0.237 e. The average molecular weight is 263 g/mol. The van der Waals surface area contributed by atoms with Crippen molar-refractivity contribution >= 4 is 5.91 Å². The number of benzene rings is 1. The van der Waals surface area contributed by atoms with Gasteiger partial charge in [0.2, 0.25) is 5.91 Å². The van der Waals surface area contributed by atoms with Crippen molar-refractivity contribution in [2.45, 2.75) is 31.8 Å². The molecule has 0 radical (unpaired) electrons. The second kappa shape index (κ2) is 7.92. The molecular weight excluding hydrogens is 238 g/mol. The van der Waals surface area contributed by atoms with E-state index >= 15 is 0 Å². The van der Waals surface area contributed by atoms with Crippen molar-refractivity contribution in [3.05, 3.63) is 35.9 Å². The summed E-state index contributed by atoms with van der Waals surface area (Å²) >= 11 is 0. The molecule has 1 aromatic carbocycles. The summed E-state index contributed by atoms with van der Waals surface area (Å²) in [6.07, 6.45) is 1.50. The minimum Gasteiger partial charge on any atom is -0.352 e. The monoisotopic (exact) mass is 263 g/mol. The van der Waals surface area contributed by atoms with Crippen LogP contribution in [0, 0.1) is 0 Å². The maximum atomic E-state index is 12.0. The second-order valence-corrected chi connectivity index (χ2v) is 5.30. The third-order valence-corrected chi connectivity index (χ3v) is 3.03. The van der Waals surface area contributed by atoms with Gasteiger partial charge in [-0.25, -0.2) is 0 Å². The number of nitrogens with two attached hydrogens (primary N) is 1. The van der Waals surface area contributed by atoms with Gasteiger partial charge < -0.3 is 16.0 Å². The fourth-order valence-corrected chi connectivity index (χ4v) is 1.83. The quantitative estimate of drug-likeness (QED) is 0.772. The number of carbonyl (C=O) groups is 1. The summed E-state index contributed by atoms with van der Waals surface area (Å²) in [7, 11) is 4.05. The highest BCUT2D eigenvalue weighted by Crippen LogP contribution is 2.02. The Labute approximate surface area is 116 Å². The minimum absolute atomic E-state index is 0.0740. The molecule has 1 amide bonds. The Kier molecular flexibility index (Phi) is 6.53. The molecule has 0 aromatic heterocycles. The molecule has 0 saturated heterocycles. The van der Waals surface area contributed by atoms with Crippen LogP contribution in [-0.2, 0) is 11.2 Å². The van der Waals surface area contributed by atoms with Crippen LogP contribution in [0.15, 0.2) is 30.3 Å². The average Bonchev–Trinajstić information content (AvgIpc) is 2.37. The summed E-state index contributed by atoms with van der Waals surface area (Å²) in [6.45, 7) is 2.96. The molecule has 0 aliphatic heterocycles. The molecule has 2 atom stereocenters. The predicted molar refractivity (Wildman–Crippen MR) is 78.9 cm³/mol. The van der Waals surface area contributed by atoms with Gasteiger partial charge in [-0.2, -0.15) is 0 Å². The molecule has 0 saturated carbocycles. The van der Waals surface area contributed by atoms with Crippen molar-refractivity contribution in [2.24, 2.45) is 5.73 Å². The minimum atomic E-state index is -0.482. The maximum absolute atomic E-state index is 12.0. The highest BCUT2D eigenvalue weighted by Gasteiger charge is 2.16. The third kappa shape index (κ3) is 6.36. The molecule has 19 heavy (non-hydrogen) atoms. The van der Waals surface area contributed by atoms with Gasteiger partial charge in [-0.05, 0) is 46.0 Å². The predicted octanol–water partition coefficient (Wildman–Crippen LogP) is 1.01. The Morgan fingerprint density at radius 1 is 1.32 bits per heavy atom. The number of rotatable bonds is 7. The highest BCUT2D eigenvalue weighted by atomic mass is 16.2. The number of carbonyl (C=O) groups excluding carboxylic acids is 1. The summed E-state index contributed by atoms with van der Waals surface area (Å²) in [4.78, 5) is 14.1. The molecule has 0 bridgehead atoms. The number of amides is 1. The van der Waals surface area contributed by atoms with Gasteiger partial charge in [0, 0.05) is 6.04 Å². The molecular formula is C15H25N3O. The van der Waals surface area contributed by atoms with Crippen molar-refractivity contribution in [3.63, 3.8) is 0 Å². The smallest absolute Gasteiger partial charge is 0.237 e.